The number of methoxy groups -OCH3 is 2. The molecule has 0 bridgehead atoms. The molecule has 1 rings (SSSR count). The molecule has 0 radical (unpaired) electrons. The molecule has 1 heterocycles. The minimum Gasteiger partial charge on any atom is -0.479 e. The molecular formula is C10H15N3O3. The third-order valence-electron chi connectivity index (χ3n) is 1.89. The molecule has 0 unspecified atom stereocenters. The zero-order chi connectivity index (χ0) is 11.8. The normalized spacial score (nSPS) is 10.1. The summed E-state index contributed by atoms with van der Waals surface area (Å²) in [6.07, 6.45) is 2.94. The van der Waals surface area contributed by atoms with E-state index in [0.29, 0.717) is 13.2 Å². The van der Waals surface area contributed by atoms with E-state index in [1.807, 2.05) is 0 Å². The Kier molecular flexibility index (Phi) is 5.38. The fourth-order valence-electron chi connectivity index (χ4n) is 1.13. The monoisotopic (exact) mass is 225 g/mol. The lowest BCUT2D eigenvalue weighted by Crippen LogP contribution is -2.27. The predicted octanol–water partition coefficient (Wildman–Crippen LogP) is -0.0961. The Bertz CT molecular complexity index is 344. The molecule has 0 amide bonds. The average Bonchev–Trinajstić information content (AvgIpc) is 2.34. The molecule has 6 heteroatoms. The van der Waals surface area contributed by atoms with Crippen molar-refractivity contribution >= 4 is 5.78 Å². The maximum atomic E-state index is 11.7. The molecule has 0 aliphatic heterocycles. The van der Waals surface area contributed by atoms with Crippen LogP contribution in [0.3, 0.4) is 0 Å². The van der Waals surface area contributed by atoms with Gasteiger partial charge in [-0.05, 0) is 0 Å². The molecule has 0 spiro atoms. The van der Waals surface area contributed by atoms with Crippen LogP contribution in [-0.4, -0.2) is 49.7 Å². The summed E-state index contributed by atoms with van der Waals surface area (Å²) in [5.74, 6) is 0.0992. The van der Waals surface area contributed by atoms with Gasteiger partial charge in [0.2, 0.25) is 5.88 Å². The second-order valence-electron chi connectivity index (χ2n) is 3.01. The van der Waals surface area contributed by atoms with Gasteiger partial charge in [-0.2, -0.15) is 0 Å². The first-order valence-electron chi connectivity index (χ1n) is 4.87. The summed E-state index contributed by atoms with van der Waals surface area (Å²) in [5, 5.41) is 2.94. The fourth-order valence-corrected chi connectivity index (χ4v) is 1.13. The number of ether oxygens (including phenoxy) is 2. The number of aromatic nitrogens is 2. The smallest absolute Gasteiger partial charge is 0.243 e. The van der Waals surface area contributed by atoms with Gasteiger partial charge in [0.1, 0.15) is 0 Å². The molecule has 1 aromatic heterocycles. The largest absolute Gasteiger partial charge is 0.479 e. The van der Waals surface area contributed by atoms with Crippen LogP contribution in [0.15, 0.2) is 12.4 Å². The first kappa shape index (κ1) is 12.5. The first-order chi connectivity index (χ1) is 7.79. The maximum absolute atomic E-state index is 11.7. The van der Waals surface area contributed by atoms with E-state index in [1.54, 1.807) is 7.11 Å². The molecule has 6 nitrogen and oxygen atoms in total. The van der Waals surface area contributed by atoms with Gasteiger partial charge in [-0.3, -0.25) is 4.79 Å². The van der Waals surface area contributed by atoms with Gasteiger partial charge in [0, 0.05) is 26.0 Å². The summed E-state index contributed by atoms with van der Waals surface area (Å²) in [7, 11) is 3.06. The number of nitrogens with one attached hydrogen (secondary N) is 1. The van der Waals surface area contributed by atoms with Gasteiger partial charge in [0.15, 0.2) is 11.5 Å². The fraction of sp³-hybridized carbons (Fsp3) is 0.500. The van der Waals surface area contributed by atoms with Crippen LogP contribution in [0.5, 0.6) is 5.88 Å². The van der Waals surface area contributed by atoms with Crippen LogP contribution >= 0.6 is 0 Å². The molecule has 16 heavy (non-hydrogen) atoms. The highest BCUT2D eigenvalue weighted by molar-refractivity contribution is 5.97. The lowest BCUT2D eigenvalue weighted by atomic mass is 10.3. The highest BCUT2D eigenvalue weighted by atomic mass is 16.5. The van der Waals surface area contributed by atoms with Crippen LogP contribution in [0.25, 0.3) is 0 Å². The third-order valence-corrected chi connectivity index (χ3v) is 1.89. The average molecular weight is 225 g/mol. The third kappa shape index (κ3) is 3.56. The minimum absolute atomic E-state index is 0.152. The zero-order valence-electron chi connectivity index (χ0n) is 9.40. The summed E-state index contributed by atoms with van der Waals surface area (Å²) in [6, 6.07) is 0. The zero-order valence-corrected chi connectivity index (χ0v) is 9.40. The van der Waals surface area contributed by atoms with Crippen molar-refractivity contribution in [2.24, 2.45) is 0 Å². The van der Waals surface area contributed by atoms with E-state index in [0.717, 1.165) is 0 Å². The van der Waals surface area contributed by atoms with E-state index < -0.39 is 0 Å². The van der Waals surface area contributed by atoms with Crippen molar-refractivity contribution in [2.45, 2.75) is 0 Å². The number of rotatable bonds is 7. The van der Waals surface area contributed by atoms with E-state index in [2.05, 4.69) is 15.3 Å². The van der Waals surface area contributed by atoms with E-state index in [1.165, 1.54) is 19.5 Å². The molecule has 0 aromatic carbocycles. The van der Waals surface area contributed by atoms with Crippen molar-refractivity contribution in [3.8, 4) is 5.88 Å². The highest BCUT2D eigenvalue weighted by Gasteiger charge is 2.13. The van der Waals surface area contributed by atoms with E-state index >= 15 is 0 Å². The van der Waals surface area contributed by atoms with Crippen LogP contribution < -0.4 is 10.1 Å². The predicted molar refractivity (Wildman–Crippen MR) is 57.7 cm³/mol. The van der Waals surface area contributed by atoms with Gasteiger partial charge in [0.25, 0.3) is 0 Å². The Labute approximate surface area is 94.0 Å². The maximum Gasteiger partial charge on any atom is 0.243 e. The van der Waals surface area contributed by atoms with E-state index in [-0.39, 0.29) is 23.9 Å². The number of Topliss-reactive ketones (excluding diaryl/α,β-unsaturated/α-hetero) is 1. The summed E-state index contributed by atoms with van der Waals surface area (Å²) >= 11 is 0. The Morgan fingerprint density at radius 2 is 2.12 bits per heavy atom. The first-order valence-corrected chi connectivity index (χ1v) is 4.87. The van der Waals surface area contributed by atoms with Crippen molar-refractivity contribution in [2.75, 3.05) is 33.9 Å². The second kappa shape index (κ2) is 6.86. The molecule has 1 N–H and O–H groups in total. The van der Waals surface area contributed by atoms with Crippen molar-refractivity contribution in [1.82, 2.24) is 15.3 Å². The van der Waals surface area contributed by atoms with Crippen LogP contribution in [-0.2, 0) is 4.74 Å². The quantitative estimate of drug-likeness (QED) is 0.516. The van der Waals surface area contributed by atoms with Gasteiger partial charge >= 0.3 is 0 Å². The SMILES string of the molecule is COCCNCC(=O)c1nccnc1OC. The topological polar surface area (TPSA) is 73.3 Å². The highest BCUT2D eigenvalue weighted by Crippen LogP contribution is 2.10. The Balaban J connectivity index is 2.52. The van der Waals surface area contributed by atoms with Gasteiger partial charge in [0.05, 0.1) is 20.3 Å². The molecule has 0 saturated carbocycles. The molecule has 0 saturated heterocycles. The van der Waals surface area contributed by atoms with E-state index in [9.17, 15) is 4.79 Å². The van der Waals surface area contributed by atoms with Crippen molar-refractivity contribution in [1.29, 1.82) is 0 Å². The number of hydrogen-bond donors (Lipinski definition) is 1. The summed E-state index contributed by atoms with van der Waals surface area (Å²) in [5.41, 5.74) is 0.245. The van der Waals surface area contributed by atoms with E-state index in [4.69, 9.17) is 9.47 Å². The van der Waals surface area contributed by atoms with Crippen LogP contribution in [0.1, 0.15) is 10.5 Å². The molecule has 0 atom stereocenters. The van der Waals surface area contributed by atoms with Crippen molar-refractivity contribution in [3.63, 3.8) is 0 Å². The van der Waals surface area contributed by atoms with Gasteiger partial charge < -0.3 is 14.8 Å². The standard InChI is InChI=1S/C10H15N3O3/c1-15-6-5-11-7-8(14)9-10(16-2)13-4-3-12-9/h3-4,11H,5-7H2,1-2H3. The molecule has 0 fully saturated rings. The summed E-state index contributed by atoms with van der Waals surface area (Å²) in [4.78, 5) is 19.5. The minimum atomic E-state index is -0.152. The van der Waals surface area contributed by atoms with Crippen molar-refractivity contribution < 1.29 is 14.3 Å². The van der Waals surface area contributed by atoms with Gasteiger partial charge in [-0.1, -0.05) is 0 Å². The van der Waals surface area contributed by atoms with Gasteiger partial charge in [-0.25, -0.2) is 9.97 Å². The lowest BCUT2D eigenvalue weighted by Gasteiger charge is -2.05. The molecule has 0 aliphatic rings. The van der Waals surface area contributed by atoms with Crippen molar-refractivity contribution in [3.05, 3.63) is 18.1 Å². The molecule has 88 valence electrons. The Morgan fingerprint density at radius 3 is 2.81 bits per heavy atom. The lowest BCUT2D eigenvalue weighted by molar-refractivity contribution is 0.0978. The van der Waals surface area contributed by atoms with Gasteiger partial charge in [-0.15, -0.1) is 0 Å². The summed E-state index contributed by atoms with van der Waals surface area (Å²) in [6.45, 7) is 1.37. The molecule has 1 aromatic rings. The summed E-state index contributed by atoms with van der Waals surface area (Å²) < 4.78 is 9.79. The number of nitrogens with zero attached hydrogens (tertiary/aromatic N) is 2. The Morgan fingerprint density at radius 1 is 1.38 bits per heavy atom. The molecular weight excluding hydrogens is 210 g/mol. The molecule has 0 aliphatic carbocycles. The second-order valence-corrected chi connectivity index (χ2v) is 3.01. The number of ketones is 1. The van der Waals surface area contributed by atoms with Crippen LogP contribution in [0.4, 0.5) is 0 Å². The number of carbonyl (C=O) groups excluding carboxylic acids is 1. The van der Waals surface area contributed by atoms with Crippen LogP contribution in [0, 0.1) is 0 Å². The Hall–Kier alpha value is -1.53. The number of hydrogen-bond acceptors (Lipinski definition) is 6. The van der Waals surface area contributed by atoms with Crippen LogP contribution in [0.2, 0.25) is 0 Å². The number of carbonyl (C=O) groups is 1.